The molecular formula is C23H19F2N3O3. The number of aromatic amines is 1. The average molecular weight is 423 g/mol. The number of ether oxygens (including phenoxy) is 2. The van der Waals surface area contributed by atoms with Gasteiger partial charge in [-0.2, -0.15) is 0 Å². The van der Waals surface area contributed by atoms with Crippen molar-refractivity contribution in [3.05, 3.63) is 88.7 Å². The van der Waals surface area contributed by atoms with E-state index in [0.717, 1.165) is 5.56 Å². The number of H-pyrrole nitrogens is 1. The summed E-state index contributed by atoms with van der Waals surface area (Å²) < 4.78 is 39.0. The fraction of sp³-hybridized carbons (Fsp3) is 0.130. The normalized spacial score (nSPS) is 10.9. The van der Waals surface area contributed by atoms with Gasteiger partial charge in [0.2, 0.25) is 5.91 Å². The van der Waals surface area contributed by atoms with E-state index in [0.29, 0.717) is 28.2 Å². The molecule has 0 fully saturated rings. The smallest absolute Gasteiger partial charge is 0.248 e. The van der Waals surface area contributed by atoms with Crippen LogP contribution in [0.1, 0.15) is 27.3 Å². The predicted molar refractivity (Wildman–Crippen MR) is 111 cm³/mol. The second kappa shape index (κ2) is 8.43. The number of imidazole rings is 1. The highest BCUT2D eigenvalue weighted by molar-refractivity contribution is 5.93. The van der Waals surface area contributed by atoms with Gasteiger partial charge in [-0.05, 0) is 55.0 Å². The Morgan fingerprint density at radius 2 is 1.81 bits per heavy atom. The highest BCUT2D eigenvalue weighted by Crippen LogP contribution is 2.30. The zero-order valence-electron chi connectivity index (χ0n) is 16.6. The van der Waals surface area contributed by atoms with E-state index < -0.39 is 5.91 Å². The highest BCUT2D eigenvalue weighted by Gasteiger charge is 2.13. The number of fused-ring (bicyclic) bond motifs is 1. The molecule has 0 saturated carbocycles. The van der Waals surface area contributed by atoms with Gasteiger partial charge in [0.05, 0.1) is 11.0 Å². The van der Waals surface area contributed by atoms with Crippen LogP contribution in [0.4, 0.5) is 8.78 Å². The minimum atomic E-state index is -0.628. The number of nitrogens with zero attached hydrogens (tertiary/aromatic N) is 1. The summed E-state index contributed by atoms with van der Waals surface area (Å²) in [5.41, 5.74) is 7.90. The average Bonchev–Trinajstić information content (AvgIpc) is 3.13. The van der Waals surface area contributed by atoms with Crippen LogP contribution >= 0.6 is 0 Å². The second-order valence-electron chi connectivity index (χ2n) is 7.04. The van der Waals surface area contributed by atoms with E-state index in [1.807, 2.05) is 0 Å². The molecule has 3 N–H and O–H groups in total. The molecule has 3 aromatic carbocycles. The maximum absolute atomic E-state index is 14.1. The number of aromatic nitrogens is 2. The Balaban J connectivity index is 1.54. The van der Waals surface area contributed by atoms with Gasteiger partial charge in [-0.15, -0.1) is 0 Å². The standard InChI is InChI=1S/C23H19F2N3O3/c1-13-2-3-15(17(25)8-13)11-30-21-9-14(23(26)29)4-7-20(21)31-12-22-27-18-6-5-16(24)10-19(18)28-22/h2-10H,11-12H2,1H3,(H2,26,29)(H,27,28). The summed E-state index contributed by atoms with van der Waals surface area (Å²) in [4.78, 5) is 18.9. The molecule has 0 saturated heterocycles. The summed E-state index contributed by atoms with van der Waals surface area (Å²) in [5, 5.41) is 0. The van der Waals surface area contributed by atoms with E-state index in [-0.39, 0.29) is 36.2 Å². The lowest BCUT2D eigenvalue weighted by atomic mass is 10.1. The Morgan fingerprint density at radius 1 is 1.00 bits per heavy atom. The number of primary amides is 1. The first kappa shape index (κ1) is 20.3. The van der Waals surface area contributed by atoms with Crippen LogP contribution in [0.3, 0.4) is 0 Å². The van der Waals surface area contributed by atoms with E-state index >= 15 is 0 Å². The van der Waals surface area contributed by atoms with Crippen molar-refractivity contribution in [2.75, 3.05) is 0 Å². The van der Waals surface area contributed by atoms with Crippen molar-refractivity contribution in [1.29, 1.82) is 0 Å². The first-order valence-corrected chi connectivity index (χ1v) is 9.47. The van der Waals surface area contributed by atoms with Crippen LogP contribution in [0, 0.1) is 18.6 Å². The monoisotopic (exact) mass is 423 g/mol. The summed E-state index contributed by atoms with van der Waals surface area (Å²) in [5.74, 6) is -0.345. The number of carbonyl (C=O) groups excluding carboxylic acids is 1. The highest BCUT2D eigenvalue weighted by atomic mass is 19.1. The van der Waals surface area contributed by atoms with E-state index in [1.165, 1.54) is 30.3 Å². The van der Waals surface area contributed by atoms with Crippen molar-refractivity contribution in [3.63, 3.8) is 0 Å². The lowest BCUT2D eigenvalue weighted by Gasteiger charge is -2.14. The number of benzene rings is 3. The summed E-state index contributed by atoms with van der Waals surface area (Å²) in [6, 6.07) is 13.6. The van der Waals surface area contributed by atoms with Gasteiger partial charge in [-0.25, -0.2) is 13.8 Å². The van der Waals surface area contributed by atoms with Crippen molar-refractivity contribution >= 4 is 16.9 Å². The molecule has 1 heterocycles. The van der Waals surface area contributed by atoms with Crippen LogP contribution < -0.4 is 15.2 Å². The molecule has 0 atom stereocenters. The molecule has 0 radical (unpaired) electrons. The van der Waals surface area contributed by atoms with Gasteiger partial charge >= 0.3 is 0 Å². The summed E-state index contributed by atoms with van der Waals surface area (Å²) >= 11 is 0. The quantitative estimate of drug-likeness (QED) is 0.461. The molecule has 0 unspecified atom stereocenters. The van der Waals surface area contributed by atoms with E-state index in [1.54, 1.807) is 31.2 Å². The SMILES string of the molecule is Cc1ccc(COc2cc(C(N)=O)ccc2OCc2nc3ccc(F)cc3[nH]2)c(F)c1. The third-order valence-electron chi connectivity index (χ3n) is 4.68. The molecule has 0 aliphatic rings. The molecule has 8 heteroatoms. The predicted octanol–water partition coefficient (Wildman–Crippen LogP) is 4.41. The molecule has 1 amide bonds. The third-order valence-corrected chi connectivity index (χ3v) is 4.68. The molecule has 0 bridgehead atoms. The van der Waals surface area contributed by atoms with Gasteiger partial charge in [0, 0.05) is 11.1 Å². The molecule has 158 valence electrons. The summed E-state index contributed by atoms with van der Waals surface area (Å²) in [6.07, 6.45) is 0. The van der Waals surface area contributed by atoms with Crippen molar-refractivity contribution in [1.82, 2.24) is 9.97 Å². The molecule has 0 aliphatic carbocycles. The minimum Gasteiger partial charge on any atom is -0.485 e. The Hall–Kier alpha value is -3.94. The first-order chi connectivity index (χ1) is 14.9. The topological polar surface area (TPSA) is 90.2 Å². The van der Waals surface area contributed by atoms with Crippen molar-refractivity contribution in [3.8, 4) is 11.5 Å². The van der Waals surface area contributed by atoms with Gasteiger partial charge in [-0.1, -0.05) is 12.1 Å². The van der Waals surface area contributed by atoms with Crippen LogP contribution in [-0.2, 0) is 13.2 Å². The maximum Gasteiger partial charge on any atom is 0.248 e. The fourth-order valence-electron chi connectivity index (χ4n) is 3.07. The van der Waals surface area contributed by atoms with Gasteiger partial charge < -0.3 is 20.2 Å². The van der Waals surface area contributed by atoms with E-state index in [2.05, 4.69) is 9.97 Å². The number of aryl methyl sites for hydroxylation is 1. The molecular weight excluding hydrogens is 404 g/mol. The molecule has 4 aromatic rings. The number of carbonyl (C=O) groups is 1. The van der Waals surface area contributed by atoms with Crippen LogP contribution in [-0.4, -0.2) is 15.9 Å². The lowest BCUT2D eigenvalue weighted by Crippen LogP contribution is -2.11. The zero-order valence-corrected chi connectivity index (χ0v) is 16.6. The number of nitrogens with two attached hydrogens (primary N) is 1. The minimum absolute atomic E-state index is 0.0431. The maximum atomic E-state index is 14.1. The van der Waals surface area contributed by atoms with Gasteiger partial charge in [0.25, 0.3) is 0 Å². The number of hydrogen-bond acceptors (Lipinski definition) is 4. The molecule has 0 aliphatic heterocycles. The number of nitrogens with one attached hydrogen (secondary N) is 1. The van der Waals surface area contributed by atoms with Crippen LogP contribution in [0.2, 0.25) is 0 Å². The Bertz CT molecular complexity index is 1270. The fourth-order valence-corrected chi connectivity index (χ4v) is 3.07. The summed E-state index contributed by atoms with van der Waals surface area (Å²) in [7, 11) is 0. The Kier molecular flexibility index (Phi) is 5.53. The molecule has 1 aromatic heterocycles. The molecule has 31 heavy (non-hydrogen) atoms. The first-order valence-electron chi connectivity index (χ1n) is 9.47. The van der Waals surface area contributed by atoms with Crippen molar-refractivity contribution in [2.45, 2.75) is 20.1 Å². The molecule has 4 rings (SSSR count). The van der Waals surface area contributed by atoms with Crippen LogP contribution in [0.15, 0.2) is 54.6 Å². The number of halogens is 2. The summed E-state index contributed by atoms with van der Waals surface area (Å²) in [6.45, 7) is 1.78. The number of amides is 1. The van der Waals surface area contributed by atoms with Crippen molar-refractivity contribution in [2.24, 2.45) is 5.73 Å². The van der Waals surface area contributed by atoms with Crippen LogP contribution in [0.5, 0.6) is 11.5 Å². The molecule has 0 spiro atoms. The lowest BCUT2D eigenvalue weighted by molar-refractivity contribution is 0.0999. The van der Waals surface area contributed by atoms with Gasteiger partial charge in [0.15, 0.2) is 11.5 Å². The third kappa shape index (κ3) is 4.63. The molecule has 6 nitrogen and oxygen atoms in total. The Morgan fingerprint density at radius 3 is 2.58 bits per heavy atom. The van der Waals surface area contributed by atoms with Crippen LogP contribution in [0.25, 0.3) is 11.0 Å². The number of rotatable bonds is 7. The second-order valence-corrected chi connectivity index (χ2v) is 7.04. The van der Waals surface area contributed by atoms with Crippen molar-refractivity contribution < 1.29 is 23.0 Å². The zero-order chi connectivity index (χ0) is 22.0. The van der Waals surface area contributed by atoms with E-state index in [4.69, 9.17) is 15.2 Å². The van der Waals surface area contributed by atoms with E-state index in [9.17, 15) is 13.6 Å². The number of hydrogen-bond donors (Lipinski definition) is 2. The van der Waals surface area contributed by atoms with Gasteiger partial charge in [0.1, 0.15) is 30.7 Å². The van der Waals surface area contributed by atoms with Gasteiger partial charge in [-0.3, -0.25) is 4.79 Å². The Labute approximate surface area is 176 Å². The largest absolute Gasteiger partial charge is 0.485 e.